The molecule has 0 aliphatic rings. The van der Waals surface area contributed by atoms with Crippen molar-refractivity contribution in [3.63, 3.8) is 0 Å². The molecule has 5 rings (SSSR count). The van der Waals surface area contributed by atoms with Gasteiger partial charge in [0.2, 0.25) is 0 Å². The highest BCUT2D eigenvalue weighted by Crippen LogP contribution is 2.32. The van der Waals surface area contributed by atoms with Crippen LogP contribution < -0.4 is 0 Å². The van der Waals surface area contributed by atoms with Crippen LogP contribution in [0.1, 0.15) is 21.6 Å². The van der Waals surface area contributed by atoms with Gasteiger partial charge >= 0.3 is 5.97 Å². The van der Waals surface area contributed by atoms with Crippen molar-refractivity contribution in [1.82, 2.24) is 14.3 Å². The third kappa shape index (κ3) is 3.78. The second kappa shape index (κ2) is 8.15. The zero-order chi connectivity index (χ0) is 22.1. The molecule has 32 heavy (non-hydrogen) atoms. The molecule has 3 aromatic carbocycles. The number of benzene rings is 3. The fourth-order valence-electron chi connectivity index (χ4n) is 3.98. The predicted octanol–water partition coefficient (Wildman–Crippen LogP) is 5.44. The summed E-state index contributed by atoms with van der Waals surface area (Å²) in [6, 6.07) is 26.0. The normalized spacial score (nSPS) is 11.2. The smallest absolute Gasteiger partial charge is 0.356 e. The van der Waals surface area contributed by atoms with E-state index in [0.29, 0.717) is 18.8 Å². The minimum atomic E-state index is -1.09. The number of fused-ring (bicyclic) bond motifs is 1. The van der Waals surface area contributed by atoms with Gasteiger partial charge in [-0.2, -0.15) is 5.10 Å². The van der Waals surface area contributed by atoms with Gasteiger partial charge in [0.05, 0.1) is 12.2 Å². The Labute approximate surface area is 184 Å². The number of carboxylic acids is 1. The van der Waals surface area contributed by atoms with Crippen LogP contribution in [0.3, 0.4) is 0 Å². The average molecular weight is 425 g/mol. The highest BCUT2D eigenvalue weighted by Gasteiger charge is 2.19. The Morgan fingerprint density at radius 2 is 1.56 bits per heavy atom. The number of hydrogen-bond donors (Lipinski definition) is 1. The van der Waals surface area contributed by atoms with E-state index in [0.717, 1.165) is 22.0 Å². The molecule has 1 N–H and O–H groups in total. The molecule has 158 valence electrons. The Bertz CT molecular complexity index is 1400. The van der Waals surface area contributed by atoms with Crippen LogP contribution in [0, 0.1) is 5.82 Å². The van der Waals surface area contributed by atoms with Gasteiger partial charge in [-0.1, -0.05) is 60.7 Å². The lowest BCUT2D eigenvalue weighted by molar-refractivity contribution is 0.0689. The summed E-state index contributed by atoms with van der Waals surface area (Å²) in [6.45, 7) is 1.03. The summed E-state index contributed by atoms with van der Waals surface area (Å²) in [7, 11) is 0. The third-order valence-electron chi connectivity index (χ3n) is 5.50. The van der Waals surface area contributed by atoms with E-state index in [-0.39, 0.29) is 11.5 Å². The fraction of sp³-hybridized carbons (Fsp3) is 0.0769. The Morgan fingerprint density at radius 3 is 2.31 bits per heavy atom. The van der Waals surface area contributed by atoms with Crippen LogP contribution in [-0.4, -0.2) is 25.4 Å². The van der Waals surface area contributed by atoms with E-state index in [1.165, 1.54) is 17.7 Å². The number of nitrogens with zero attached hydrogens (tertiary/aromatic N) is 3. The van der Waals surface area contributed by atoms with Crippen molar-refractivity contribution < 1.29 is 14.3 Å². The van der Waals surface area contributed by atoms with Gasteiger partial charge in [-0.15, -0.1) is 0 Å². The minimum absolute atomic E-state index is 0.0259. The first-order valence-electron chi connectivity index (χ1n) is 10.3. The highest BCUT2D eigenvalue weighted by atomic mass is 19.1. The maximum atomic E-state index is 13.3. The number of aromatic carboxylic acids is 1. The maximum Gasteiger partial charge on any atom is 0.356 e. The van der Waals surface area contributed by atoms with Crippen LogP contribution >= 0.6 is 0 Å². The van der Waals surface area contributed by atoms with Crippen LogP contribution in [0.25, 0.3) is 22.2 Å². The lowest BCUT2D eigenvalue weighted by Crippen LogP contribution is -2.06. The number of halogens is 1. The van der Waals surface area contributed by atoms with Crippen molar-refractivity contribution in [2.24, 2.45) is 0 Å². The van der Waals surface area contributed by atoms with E-state index in [4.69, 9.17) is 0 Å². The van der Waals surface area contributed by atoms with E-state index < -0.39 is 5.97 Å². The summed E-state index contributed by atoms with van der Waals surface area (Å²) >= 11 is 0. The summed E-state index contributed by atoms with van der Waals surface area (Å²) in [6.07, 6.45) is 2.04. The maximum absolute atomic E-state index is 13.3. The lowest BCUT2D eigenvalue weighted by atomic mass is 10.1. The van der Waals surface area contributed by atoms with Gasteiger partial charge in [0.25, 0.3) is 0 Å². The first kappa shape index (κ1) is 19.8. The SMILES string of the molecule is O=C(O)c1cc(-c2cn(Cc3ccccc3)c3ccccc23)n(Cc2ccc(F)cc2)n1. The summed E-state index contributed by atoms with van der Waals surface area (Å²) < 4.78 is 17.2. The van der Waals surface area contributed by atoms with Gasteiger partial charge < -0.3 is 9.67 Å². The molecule has 0 radical (unpaired) electrons. The van der Waals surface area contributed by atoms with Crippen molar-refractivity contribution in [1.29, 1.82) is 0 Å². The van der Waals surface area contributed by atoms with Crippen molar-refractivity contribution >= 4 is 16.9 Å². The molecule has 0 fully saturated rings. The lowest BCUT2D eigenvalue weighted by Gasteiger charge is -2.07. The molecule has 0 atom stereocenters. The summed E-state index contributed by atoms with van der Waals surface area (Å²) in [5.41, 5.74) is 4.64. The standard InChI is InChI=1S/C26H20FN3O2/c27-20-12-10-19(11-13-20)16-30-25(14-23(28-30)26(31)32)22-17-29(15-18-6-2-1-3-7-18)24-9-5-4-8-21(22)24/h1-14,17H,15-16H2,(H,31,32). The summed E-state index contributed by atoms with van der Waals surface area (Å²) in [5, 5.41) is 14.9. The molecule has 0 amide bonds. The molecule has 0 aliphatic carbocycles. The van der Waals surface area contributed by atoms with E-state index >= 15 is 0 Å². The van der Waals surface area contributed by atoms with Gasteiger partial charge in [-0.05, 0) is 35.4 Å². The summed E-state index contributed by atoms with van der Waals surface area (Å²) in [5.74, 6) is -1.40. The molecule has 0 aliphatic heterocycles. The minimum Gasteiger partial charge on any atom is -0.476 e. The van der Waals surface area contributed by atoms with Gasteiger partial charge in [0, 0.05) is 29.2 Å². The quantitative estimate of drug-likeness (QED) is 0.394. The Kier molecular flexibility index (Phi) is 5.03. The number of carbonyl (C=O) groups is 1. The first-order chi connectivity index (χ1) is 15.6. The van der Waals surface area contributed by atoms with E-state index in [1.54, 1.807) is 22.9 Å². The van der Waals surface area contributed by atoms with Crippen molar-refractivity contribution in [3.8, 4) is 11.3 Å². The van der Waals surface area contributed by atoms with E-state index in [1.807, 2.05) is 42.6 Å². The zero-order valence-corrected chi connectivity index (χ0v) is 17.1. The molecule has 0 saturated heterocycles. The molecule has 0 saturated carbocycles. The number of aromatic nitrogens is 3. The first-order valence-corrected chi connectivity index (χ1v) is 10.3. The molecule has 5 aromatic rings. The average Bonchev–Trinajstić information content (AvgIpc) is 3.38. The number of hydrogen-bond acceptors (Lipinski definition) is 2. The van der Waals surface area contributed by atoms with Gasteiger partial charge in [-0.25, -0.2) is 9.18 Å². The molecule has 0 bridgehead atoms. The largest absolute Gasteiger partial charge is 0.476 e. The molecule has 0 spiro atoms. The Balaban J connectivity index is 1.63. The number of para-hydroxylation sites is 1. The molecule has 5 nitrogen and oxygen atoms in total. The van der Waals surface area contributed by atoms with E-state index in [9.17, 15) is 14.3 Å². The predicted molar refractivity (Wildman–Crippen MR) is 121 cm³/mol. The van der Waals surface area contributed by atoms with Crippen molar-refractivity contribution in [2.75, 3.05) is 0 Å². The number of carboxylic acid groups (broad SMARTS) is 1. The molecule has 0 unspecified atom stereocenters. The van der Waals surface area contributed by atoms with Crippen LogP contribution in [0.15, 0.2) is 91.1 Å². The second-order valence-corrected chi connectivity index (χ2v) is 7.68. The third-order valence-corrected chi connectivity index (χ3v) is 5.50. The highest BCUT2D eigenvalue weighted by molar-refractivity contribution is 5.96. The Morgan fingerprint density at radius 1 is 0.875 bits per heavy atom. The van der Waals surface area contributed by atoms with E-state index in [2.05, 4.69) is 27.9 Å². The van der Waals surface area contributed by atoms with Crippen LogP contribution in [0.2, 0.25) is 0 Å². The second-order valence-electron chi connectivity index (χ2n) is 7.68. The summed E-state index contributed by atoms with van der Waals surface area (Å²) in [4.78, 5) is 11.7. The number of rotatable bonds is 6. The fourth-order valence-corrected chi connectivity index (χ4v) is 3.98. The van der Waals surface area contributed by atoms with Crippen LogP contribution in [0.5, 0.6) is 0 Å². The monoisotopic (exact) mass is 425 g/mol. The molecular weight excluding hydrogens is 405 g/mol. The molecule has 2 heterocycles. The van der Waals surface area contributed by atoms with Crippen LogP contribution in [0.4, 0.5) is 4.39 Å². The van der Waals surface area contributed by atoms with Crippen LogP contribution in [-0.2, 0) is 13.1 Å². The zero-order valence-electron chi connectivity index (χ0n) is 17.1. The van der Waals surface area contributed by atoms with Gasteiger partial charge in [0.1, 0.15) is 5.82 Å². The molecular formula is C26H20FN3O2. The van der Waals surface area contributed by atoms with Crippen molar-refractivity contribution in [2.45, 2.75) is 13.1 Å². The van der Waals surface area contributed by atoms with Crippen molar-refractivity contribution in [3.05, 3.63) is 114 Å². The van der Waals surface area contributed by atoms with Gasteiger partial charge in [0.15, 0.2) is 5.69 Å². The van der Waals surface area contributed by atoms with Gasteiger partial charge in [-0.3, -0.25) is 4.68 Å². The Hall–Kier alpha value is -4.19. The molecule has 6 heteroatoms. The topological polar surface area (TPSA) is 60.0 Å². The molecule has 2 aromatic heterocycles.